The number of rotatable bonds is 6. The molecule has 37 heavy (non-hydrogen) atoms. The fourth-order valence-electron chi connectivity index (χ4n) is 6.43. The Morgan fingerprint density at radius 1 is 0.757 bits per heavy atom. The third-order valence-electron chi connectivity index (χ3n) is 7.88. The molecule has 0 aliphatic carbocycles. The first kappa shape index (κ1) is 23.2. The van der Waals surface area contributed by atoms with E-state index in [9.17, 15) is 4.79 Å². The molecule has 6 rings (SSSR count). The maximum Gasteiger partial charge on any atom is 0.307 e. The highest BCUT2D eigenvalue weighted by atomic mass is 16.6. The molecule has 1 saturated heterocycles. The highest BCUT2D eigenvalue weighted by Crippen LogP contribution is 2.58. The van der Waals surface area contributed by atoms with Crippen LogP contribution in [0.3, 0.4) is 0 Å². The molecule has 2 aliphatic heterocycles. The van der Waals surface area contributed by atoms with Gasteiger partial charge in [0.05, 0.1) is 12.1 Å². The number of nitrogens with zero attached hydrogens (tertiary/aromatic N) is 1. The smallest absolute Gasteiger partial charge is 0.307 e. The predicted octanol–water partition coefficient (Wildman–Crippen LogP) is 6.58. The molecule has 1 spiro atoms. The van der Waals surface area contributed by atoms with Gasteiger partial charge in [-0.2, -0.15) is 0 Å². The molecular weight excluding hydrogens is 458 g/mol. The summed E-state index contributed by atoms with van der Waals surface area (Å²) in [6.45, 7) is 2.09. The van der Waals surface area contributed by atoms with Crippen molar-refractivity contribution in [3.63, 3.8) is 0 Å². The average molecular weight is 488 g/mol. The van der Waals surface area contributed by atoms with E-state index in [-0.39, 0.29) is 24.2 Å². The summed E-state index contributed by atoms with van der Waals surface area (Å²) in [6, 6.07) is 38.3. The van der Waals surface area contributed by atoms with Gasteiger partial charge in [0.2, 0.25) is 5.60 Å². The molecule has 4 nitrogen and oxygen atoms in total. The van der Waals surface area contributed by atoms with Gasteiger partial charge < -0.3 is 4.74 Å². The summed E-state index contributed by atoms with van der Waals surface area (Å²) in [4.78, 5) is 29.8. The Balaban J connectivity index is 1.72. The number of fused-ring (bicyclic) bond motifs is 2. The number of hydrogen-bond donors (Lipinski definition) is 0. The second-order valence-corrected chi connectivity index (χ2v) is 9.87. The molecule has 1 amide bonds. The molecule has 4 aromatic carbocycles. The number of ether oxygens (including phenoxy) is 1. The van der Waals surface area contributed by atoms with Crippen LogP contribution in [0.4, 0.5) is 5.69 Å². The monoisotopic (exact) mass is 487 g/mol. The first-order chi connectivity index (χ1) is 18.1. The number of benzene rings is 4. The molecule has 2 atom stereocenters. The van der Waals surface area contributed by atoms with Crippen LogP contribution in [0.15, 0.2) is 115 Å². The van der Waals surface area contributed by atoms with Crippen LogP contribution in [-0.4, -0.2) is 11.9 Å². The lowest BCUT2D eigenvalue weighted by Gasteiger charge is -2.44. The summed E-state index contributed by atoms with van der Waals surface area (Å²) in [5, 5.41) is 0. The minimum Gasteiger partial charge on any atom is -0.443 e. The van der Waals surface area contributed by atoms with E-state index in [4.69, 9.17) is 4.74 Å². The van der Waals surface area contributed by atoms with Gasteiger partial charge in [0, 0.05) is 11.5 Å². The Bertz CT molecular complexity index is 1340. The van der Waals surface area contributed by atoms with E-state index in [1.165, 1.54) is 0 Å². The van der Waals surface area contributed by atoms with E-state index >= 15 is 4.79 Å². The average Bonchev–Trinajstić information content (AvgIpc) is 3.41. The number of amides is 1. The molecule has 0 N–H and O–H groups in total. The Kier molecular flexibility index (Phi) is 5.68. The number of carbonyl (C=O) groups excluding carboxylic acids is 2. The van der Waals surface area contributed by atoms with Crippen LogP contribution in [0.25, 0.3) is 0 Å². The predicted molar refractivity (Wildman–Crippen MR) is 144 cm³/mol. The van der Waals surface area contributed by atoms with E-state index in [1.54, 1.807) is 0 Å². The van der Waals surface area contributed by atoms with Crippen molar-refractivity contribution < 1.29 is 14.3 Å². The summed E-state index contributed by atoms with van der Waals surface area (Å²) >= 11 is 0. The largest absolute Gasteiger partial charge is 0.443 e. The zero-order valence-corrected chi connectivity index (χ0v) is 20.8. The summed E-state index contributed by atoms with van der Waals surface area (Å²) in [5.74, 6) is -0.716. The van der Waals surface area contributed by atoms with Crippen molar-refractivity contribution in [3.8, 4) is 0 Å². The van der Waals surface area contributed by atoms with Gasteiger partial charge in [0.15, 0.2) is 0 Å². The van der Waals surface area contributed by atoms with Gasteiger partial charge in [-0.1, -0.05) is 123 Å². The first-order valence-corrected chi connectivity index (χ1v) is 13.0. The summed E-state index contributed by atoms with van der Waals surface area (Å²) in [5.41, 5.74) is 2.13. The molecule has 2 aliphatic rings. The number of hydrogen-bond acceptors (Lipinski definition) is 3. The highest BCUT2D eigenvalue weighted by Gasteiger charge is 2.66. The van der Waals surface area contributed by atoms with Gasteiger partial charge in [-0.15, -0.1) is 0 Å². The van der Waals surface area contributed by atoms with E-state index in [0.717, 1.165) is 40.8 Å². The van der Waals surface area contributed by atoms with Gasteiger partial charge in [-0.05, 0) is 29.2 Å². The lowest BCUT2D eigenvalue weighted by molar-refractivity contribution is -0.159. The fraction of sp³-hybridized carbons (Fsp3) is 0.212. The molecular formula is C33H29NO3. The van der Waals surface area contributed by atoms with Crippen LogP contribution in [0.2, 0.25) is 0 Å². The number of esters is 1. The Hall–Kier alpha value is -4.18. The minimum absolute atomic E-state index is 0.186. The van der Waals surface area contributed by atoms with Crippen LogP contribution in [0.1, 0.15) is 48.4 Å². The summed E-state index contributed by atoms with van der Waals surface area (Å²) < 4.78 is 6.12. The molecule has 0 aromatic heterocycles. The quantitative estimate of drug-likeness (QED) is 0.228. The third kappa shape index (κ3) is 3.28. The first-order valence-electron chi connectivity index (χ1n) is 13.0. The Morgan fingerprint density at radius 2 is 1.24 bits per heavy atom. The lowest BCUT2D eigenvalue weighted by Crippen LogP contribution is -2.54. The van der Waals surface area contributed by atoms with Gasteiger partial charge >= 0.3 is 5.97 Å². The molecule has 1 fully saturated rings. The van der Waals surface area contributed by atoms with Crippen molar-refractivity contribution in [1.29, 1.82) is 0 Å². The molecule has 4 heteroatoms. The van der Waals surface area contributed by atoms with E-state index in [0.29, 0.717) is 0 Å². The van der Waals surface area contributed by atoms with Crippen LogP contribution in [-0.2, 0) is 25.5 Å². The van der Waals surface area contributed by atoms with E-state index in [1.807, 2.05) is 83.8 Å². The van der Waals surface area contributed by atoms with Crippen molar-refractivity contribution >= 4 is 17.6 Å². The van der Waals surface area contributed by atoms with Crippen LogP contribution >= 0.6 is 0 Å². The molecule has 184 valence electrons. The van der Waals surface area contributed by atoms with Crippen molar-refractivity contribution in [2.45, 2.75) is 37.3 Å². The molecule has 0 unspecified atom stereocenters. The van der Waals surface area contributed by atoms with E-state index in [2.05, 4.69) is 43.3 Å². The zero-order valence-electron chi connectivity index (χ0n) is 20.8. The SMILES string of the molecule is CCC[C@H]1CC(=O)O[C@]12C(=O)N(C(c1ccccc1)(c1ccccc1)c1ccccc1)c1ccccc12. The maximum absolute atomic E-state index is 15.0. The van der Waals surface area contributed by atoms with Gasteiger partial charge in [-0.3, -0.25) is 14.5 Å². The standard InChI is InChI=1S/C33H29NO3/c1-2-14-27-23-30(35)37-33(27)28-21-12-13-22-29(28)34(31(33)36)32(24-15-6-3-7-16-24,25-17-8-4-9-18-25)26-19-10-5-11-20-26/h3-13,15-22,27H,2,14,23H2,1H3/t27-,33+/m0/s1. The molecule has 0 saturated carbocycles. The van der Waals surface area contributed by atoms with Crippen LogP contribution in [0, 0.1) is 5.92 Å². The van der Waals surface area contributed by atoms with Crippen molar-refractivity contribution in [2.75, 3.05) is 4.90 Å². The van der Waals surface area contributed by atoms with Crippen molar-refractivity contribution in [1.82, 2.24) is 0 Å². The Labute approximate surface area is 217 Å². The van der Waals surface area contributed by atoms with Crippen LogP contribution in [0.5, 0.6) is 0 Å². The van der Waals surface area contributed by atoms with Gasteiger partial charge in [0.1, 0.15) is 5.54 Å². The molecule has 2 heterocycles. The van der Waals surface area contributed by atoms with Crippen LogP contribution < -0.4 is 4.90 Å². The number of carbonyl (C=O) groups is 2. The molecule has 0 radical (unpaired) electrons. The van der Waals surface area contributed by atoms with Gasteiger partial charge in [0.25, 0.3) is 5.91 Å². The minimum atomic E-state index is -1.33. The number of anilines is 1. The topological polar surface area (TPSA) is 46.6 Å². The second-order valence-electron chi connectivity index (χ2n) is 9.87. The van der Waals surface area contributed by atoms with Crippen molar-refractivity contribution in [3.05, 3.63) is 138 Å². The lowest BCUT2D eigenvalue weighted by atomic mass is 9.75. The summed E-state index contributed by atoms with van der Waals surface area (Å²) in [6.07, 6.45) is 1.84. The zero-order chi connectivity index (χ0) is 25.5. The second kappa shape index (κ2) is 9.04. The fourth-order valence-corrected chi connectivity index (χ4v) is 6.43. The maximum atomic E-state index is 15.0. The van der Waals surface area contributed by atoms with Crippen molar-refractivity contribution in [2.24, 2.45) is 5.92 Å². The third-order valence-corrected chi connectivity index (χ3v) is 7.88. The van der Waals surface area contributed by atoms with E-state index < -0.39 is 11.1 Å². The van der Waals surface area contributed by atoms with Gasteiger partial charge in [-0.25, -0.2) is 0 Å². The highest BCUT2D eigenvalue weighted by molar-refractivity contribution is 6.11. The molecule has 4 aromatic rings. The summed E-state index contributed by atoms with van der Waals surface area (Å²) in [7, 11) is 0. The number of para-hydroxylation sites is 1. The molecule has 0 bridgehead atoms. The Morgan fingerprint density at radius 3 is 1.76 bits per heavy atom. The normalized spacial score (nSPS) is 20.8.